The average Bonchev–Trinajstić information content (AvgIpc) is 3.29. The second-order valence-electron chi connectivity index (χ2n) is 12.2. The maximum atomic E-state index is 5.28. The second kappa shape index (κ2) is 12.0. The highest BCUT2D eigenvalue weighted by Gasteiger charge is 2.38. The van der Waals surface area contributed by atoms with E-state index in [0.29, 0.717) is 18.1 Å². The summed E-state index contributed by atoms with van der Waals surface area (Å²) >= 11 is 0. The van der Waals surface area contributed by atoms with Crippen molar-refractivity contribution < 1.29 is 0 Å². The molecule has 7 heteroatoms. The number of nitrogens with one attached hydrogen (secondary N) is 1. The van der Waals surface area contributed by atoms with Gasteiger partial charge in [0.05, 0.1) is 6.04 Å². The number of rotatable bonds is 9. The molecule has 1 N–H and O–H groups in total. The number of hydrogen-bond acceptors (Lipinski definition) is 6. The van der Waals surface area contributed by atoms with Gasteiger partial charge in [0.25, 0.3) is 0 Å². The number of benzene rings is 1. The normalized spacial score (nSPS) is 23.5. The lowest BCUT2D eigenvalue weighted by atomic mass is 9.79. The van der Waals surface area contributed by atoms with Crippen molar-refractivity contribution in [3.8, 4) is 0 Å². The number of nitrogens with zero attached hydrogens (tertiary/aromatic N) is 6. The van der Waals surface area contributed by atoms with Crippen LogP contribution in [0.3, 0.4) is 0 Å². The number of aryl methyl sites for hydroxylation is 1. The fraction of sp³-hybridized carbons (Fsp3) is 0.625. The summed E-state index contributed by atoms with van der Waals surface area (Å²) in [7, 11) is 4.46. The minimum Gasteiger partial charge on any atom is -0.312 e. The molecule has 3 atom stereocenters. The first-order chi connectivity index (χ1) is 18.8. The van der Waals surface area contributed by atoms with E-state index in [4.69, 9.17) is 9.97 Å². The molecule has 212 valence electrons. The van der Waals surface area contributed by atoms with E-state index < -0.39 is 0 Å². The van der Waals surface area contributed by atoms with Crippen molar-refractivity contribution in [1.82, 2.24) is 34.6 Å². The number of hydrogen-bond donors (Lipinski definition) is 1. The van der Waals surface area contributed by atoms with Crippen LogP contribution in [0.25, 0.3) is 11.2 Å². The Labute approximate surface area is 235 Å². The van der Waals surface area contributed by atoms with Crippen LogP contribution in [0.5, 0.6) is 0 Å². The van der Waals surface area contributed by atoms with Crippen LogP contribution in [0.4, 0.5) is 0 Å². The smallest absolute Gasteiger partial charge is 0.160 e. The fourth-order valence-corrected chi connectivity index (χ4v) is 7.18. The maximum absolute atomic E-state index is 5.28. The van der Waals surface area contributed by atoms with Gasteiger partial charge in [0.15, 0.2) is 5.65 Å². The molecule has 5 rings (SSSR count). The molecule has 1 aromatic carbocycles. The largest absolute Gasteiger partial charge is 0.312 e. The Bertz CT molecular complexity index is 1200. The minimum atomic E-state index is 0.113. The Balaban J connectivity index is 1.35. The third-order valence-corrected chi connectivity index (χ3v) is 9.13. The quantitative estimate of drug-likeness (QED) is 0.418. The molecule has 0 unspecified atom stereocenters. The highest BCUT2D eigenvalue weighted by Crippen LogP contribution is 2.38. The summed E-state index contributed by atoms with van der Waals surface area (Å²) in [4.78, 5) is 18.0. The molecule has 0 aliphatic carbocycles. The summed E-state index contributed by atoms with van der Waals surface area (Å²) in [5.74, 6) is 1.19. The van der Waals surface area contributed by atoms with Crippen LogP contribution >= 0.6 is 0 Å². The number of fused-ring (bicyclic) bond motifs is 1. The lowest BCUT2D eigenvalue weighted by molar-refractivity contribution is 0.0507. The van der Waals surface area contributed by atoms with E-state index >= 15 is 0 Å². The zero-order valence-electron chi connectivity index (χ0n) is 25.0. The molecule has 0 radical (unpaired) electrons. The number of pyridine rings is 1. The van der Waals surface area contributed by atoms with Gasteiger partial charge < -0.3 is 9.88 Å². The SMILES string of the molecule is CCC[C@H](c1nc2cc(CN3CCC(c4ccccc4)(N(C)C)CC3)cnc2n1CC)N1C[C@@H](C)N[C@@H](C)C1. The van der Waals surface area contributed by atoms with Crippen LogP contribution in [-0.4, -0.2) is 81.6 Å². The molecule has 2 saturated heterocycles. The Hall–Kier alpha value is -2.32. The number of piperazine rings is 1. The molecule has 0 amide bonds. The zero-order chi connectivity index (χ0) is 27.6. The van der Waals surface area contributed by atoms with Crippen LogP contribution in [0, 0.1) is 0 Å². The second-order valence-corrected chi connectivity index (χ2v) is 12.2. The number of imidazole rings is 1. The van der Waals surface area contributed by atoms with Crippen molar-refractivity contribution in [3.05, 3.63) is 59.5 Å². The van der Waals surface area contributed by atoms with Gasteiger partial charge in [0.1, 0.15) is 11.3 Å². The van der Waals surface area contributed by atoms with Crippen molar-refractivity contribution in [3.63, 3.8) is 0 Å². The van der Waals surface area contributed by atoms with Gasteiger partial charge in [-0.1, -0.05) is 43.7 Å². The predicted octanol–water partition coefficient (Wildman–Crippen LogP) is 5.03. The predicted molar refractivity (Wildman–Crippen MR) is 161 cm³/mol. The molecule has 39 heavy (non-hydrogen) atoms. The molecule has 4 heterocycles. The molecule has 0 saturated carbocycles. The van der Waals surface area contributed by atoms with Crippen LogP contribution in [0.1, 0.15) is 76.4 Å². The molecule has 2 aromatic heterocycles. The highest BCUT2D eigenvalue weighted by molar-refractivity contribution is 5.72. The van der Waals surface area contributed by atoms with Gasteiger partial charge in [0.2, 0.25) is 0 Å². The van der Waals surface area contributed by atoms with Gasteiger partial charge in [-0.25, -0.2) is 9.97 Å². The molecule has 0 spiro atoms. The first kappa shape index (κ1) is 28.2. The van der Waals surface area contributed by atoms with Crippen molar-refractivity contribution in [2.45, 2.75) is 90.1 Å². The van der Waals surface area contributed by atoms with Gasteiger partial charge in [-0.2, -0.15) is 0 Å². The molecule has 2 fully saturated rings. The standard InChI is InChI=1S/C32H49N7/c1-7-12-29(38-21-24(3)34-25(4)22-38)31-35-28-19-26(20-33-30(28)39(31)8-2)23-37-17-15-32(16-18-37,36(5)6)27-13-10-9-11-14-27/h9-11,13-14,19-20,24-25,29,34H,7-8,12,15-18,21-23H2,1-6H3/t24-,25+,29-/m1/s1. The van der Waals surface area contributed by atoms with Gasteiger partial charge in [-0.05, 0) is 71.3 Å². The monoisotopic (exact) mass is 531 g/mol. The van der Waals surface area contributed by atoms with E-state index in [9.17, 15) is 0 Å². The van der Waals surface area contributed by atoms with Crippen molar-refractivity contribution in [2.24, 2.45) is 0 Å². The Morgan fingerprint density at radius 2 is 1.74 bits per heavy atom. The van der Waals surface area contributed by atoms with Crippen molar-refractivity contribution in [2.75, 3.05) is 40.3 Å². The Morgan fingerprint density at radius 1 is 1.05 bits per heavy atom. The number of likely N-dealkylation sites (tertiary alicyclic amines) is 1. The molecule has 7 nitrogen and oxygen atoms in total. The van der Waals surface area contributed by atoms with Crippen LogP contribution < -0.4 is 5.32 Å². The molecule has 0 bridgehead atoms. The lowest BCUT2D eigenvalue weighted by Crippen LogP contribution is -2.55. The molecule has 2 aliphatic rings. The van der Waals surface area contributed by atoms with E-state index in [2.05, 4.69) is 109 Å². The first-order valence-corrected chi connectivity index (χ1v) is 15.1. The summed E-state index contributed by atoms with van der Waals surface area (Å²) in [5.41, 5.74) is 4.89. The molecule has 3 aromatic rings. The topological polar surface area (TPSA) is 52.5 Å². The lowest BCUT2D eigenvalue weighted by Gasteiger charge is -2.46. The summed E-state index contributed by atoms with van der Waals surface area (Å²) in [5, 5.41) is 3.69. The summed E-state index contributed by atoms with van der Waals surface area (Å²) in [6, 6.07) is 14.7. The summed E-state index contributed by atoms with van der Waals surface area (Å²) < 4.78 is 2.36. The van der Waals surface area contributed by atoms with Gasteiger partial charge in [0, 0.05) is 63.1 Å². The highest BCUT2D eigenvalue weighted by atomic mass is 15.3. The Morgan fingerprint density at radius 3 is 2.36 bits per heavy atom. The van der Waals surface area contributed by atoms with Crippen molar-refractivity contribution in [1.29, 1.82) is 0 Å². The van der Waals surface area contributed by atoms with E-state index in [0.717, 1.165) is 76.1 Å². The fourth-order valence-electron chi connectivity index (χ4n) is 7.18. The van der Waals surface area contributed by atoms with Gasteiger partial charge in [-0.15, -0.1) is 0 Å². The number of aromatic nitrogens is 3. The van der Waals surface area contributed by atoms with E-state index in [1.807, 2.05) is 0 Å². The van der Waals surface area contributed by atoms with Crippen LogP contribution in [0.2, 0.25) is 0 Å². The van der Waals surface area contributed by atoms with Crippen LogP contribution in [-0.2, 0) is 18.6 Å². The van der Waals surface area contributed by atoms with E-state index in [1.54, 1.807) is 0 Å². The third-order valence-electron chi connectivity index (χ3n) is 9.13. The molecular weight excluding hydrogens is 482 g/mol. The van der Waals surface area contributed by atoms with Gasteiger partial charge >= 0.3 is 0 Å². The van der Waals surface area contributed by atoms with Crippen molar-refractivity contribution >= 4 is 11.2 Å². The van der Waals surface area contributed by atoms with E-state index in [-0.39, 0.29) is 5.54 Å². The Kier molecular flexibility index (Phi) is 8.72. The minimum absolute atomic E-state index is 0.113. The summed E-state index contributed by atoms with van der Waals surface area (Å²) in [6.45, 7) is 15.2. The number of piperidine rings is 1. The first-order valence-electron chi connectivity index (χ1n) is 15.1. The van der Waals surface area contributed by atoms with Gasteiger partial charge in [-0.3, -0.25) is 14.7 Å². The molecular formula is C32H49N7. The average molecular weight is 532 g/mol. The third kappa shape index (κ3) is 5.78. The van der Waals surface area contributed by atoms with E-state index in [1.165, 1.54) is 17.0 Å². The maximum Gasteiger partial charge on any atom is 0.160 e. The summed E-state index contributed by atoms with van der Waals surface area (Å²) in [6.07, 6.45) is 6.63. The van der Waals surface area contributed by atoms with Crippen LogP contribution in [0.15, 0.2) is 42.6 Å². The zero-order valence-corrected chi connectivity index (χ0v) is 25.0. The molecule has 2 aliphatic heterocycles.